The Morgan fingerprint density at radius 3 is 2.86 bits per heavy atom. The molecule has 2 aromatic heterocycles. The molecule has 0 fully saturated rings. The number of nitrogens with one attached hydrogen (secondary N) is 1. The number of hydrogen-bond acceptors (Lipinski definition) is 6. The second-order valence-electron chi connectivity index (χ2n) is 4.75. The third-order valence-electron chi connectivity index (χ3n) is 2.92. The Morgan fingerprint density at radius 2 is 2.23 bits per heavy atom. The molecule has 118 valence electrons. The molecule has 1 N–H and O–H groups in total. The highest BCUT2D eigenvalue weighted by molar-refractivity contribution is 7.22. The van der Waals surface area contributed by atoms with Crippen molar-refractivity contribution in [1.29, 1.82) is 0 Å². The van der Waals surface area contributed by atoms with E-state index in [2.05, 4.69) is 10.3 Å². The number of aryl methyl sites for hydroxylation is 1. The predicted molar refractivity (Wildman–Crippen MR) is 88.3 cm³/mol. The fourth-order valence-corrected chi connectivity index (χ4v) is 3.50. The molecule has 0 aliphatic heterocycles. The first-order chi connectivity index (χ1) is 10.5. The summed E-state index contributed by atoms with van der Waals surface area (Å²) in [5.41, 5.74) is 0.625. The molecule has 2 rings (SSSR count). The highest BCUT2D eigenvalue weighted by Crippen LogP contribution is 2.31. The number of thiazole rings is 1. The Balaban J connectivity index is 2.05. The SMILES string of the molecule is CCCNC(=O)C(C)OC(=O)c1sc(-c2cccs2)nc1C. The number of esters is 1. The van der Waals surface area contributed by atoms with E-state index in [-0.39, 0.29) is 5.91 Å². The lowest BCUT2D eigenvalue weighted by Crippen LogP contribution is -2.36. The minimum Gasteiger partial charge on any atom is -0.448 e. The fraction of sp³-hybridized carbons (Fsp3) is 0.400. The van der Waals surface area contributed by atoms with Gasteiger partial charge in [-0.25, -0.2) is 9.78 Å². The summed E-state index contributed by atoms with van der Waals surface area (Å²) in [5.74, 6) is -0.784. The van der Waals surface area contributed by atoms with E-state index in [4.69, 9.17) is 4.74 Å². The summed E-state index contributed by atoms with van der Waals surface area (Å²) in [7, 11) is 0. The Kier molecular flexibility index (Phi) is 5.68. The molecule has 1 unspecified atom stereocenters. The van der Waals surface area contributed by atoms with E-state index < -0.39 is 12.1 Å². The number of carbonyl (C=O) groups excluding carboxylic acids is 2. The summed E-state index contributed by atoms with van der Waals surface area (Å²) in [6.45, 7) is 5.87. The molecule has 2 aromatic rings. The minimum absolute atomic E-state index is 0.282. The summed E-state index contributed by atoms with van der Waals surface area (Å²) in [4.78, 5) is 29.8. The maximum Gasteiger partial charge on any atom is 0.351 e. The van der Waals surface area contributed by atoms with Gasteiger partial charge in [-0.15, -0.1) is 22.7 Å². The van der Waals surface area contributed by atoms with Crippen molar-refractivity contribution in [2.45, 2.75) is 33.3 Å². The lowest BCUT2D eigenvalue weighted by Gasteiger charge is -2.12. The number of thiophene rings is 1. The van der Waals surface area contributed by atoms with Crippen molar-refractivity contribution in [1.82, 2.24) is 10.3 Å². The van der Waals surface area contributed by atoms with Gasteiger partial charge in [0.25, 0.3) is 5.91 Å². The molecule has 0 saturated heterocycles. The fourth-order valence-electron chi connectivity index (χ4n) is 1.75. The number of rotatable bonds is 6. The van der Waals surface area contributed by atoms with Crippen molar-refractivity contribution >= 4 is 34.6 Å². The Labute approximate surface area is 137 Å². The van der Waals surface area contributed by atoms with Gasteiger partial charge in [-0.1, -0.05) is 13.0 Å². The number of ether oxygens (including phenoxy) is 1. The largest absolute Gasteiger partial charge is 0.448 e. The van der Waals surface area contributed by atoms with E-state index >= 15 is 0 Å². The zero-order valence-corrected chi connectivity index (χ0v) is 14.3. The molecule has 0 radical (unpaired) electrons. The molecule has 2 heterocycles. The molecule has 22 heavy (non-hydrogen) atoms. The molecule has 0 spiro atoms. The van der Waals surface area contributed by atoms with E-state index in [1.807, 2.05) is 24.4 Å². The predicted octanol–water partition coefficient (Wildman–Crippen LogP) is 3.25. The first-order valence-electron chi connectivity index (χ1n) is 7.03. The molecule has 5 nitrogen and oxygen atoms in total. The van der Waals surface area contributed by atoms with Gasteiger partial charge in [0, 0.05) is 6.54 Å². The summed E-state index contributed by atoms with van der Waals surface area (Å²) in [5, 5.41) is 5.46. The van der Waals surface area contributed by atoms with Crippen molar-refractivity contribution in [3.05, 3.63) is 28.1 Å². The maximum absolute atomic E-state index is 12.2. The lowest BCUT2D eigenvalue weighted by atomic mass is 10.3. The van der Waals surface area contributed by atoms with Crippen LogP contribution < -0.4 is 5.32 Å². The first kappa shape index (κ1) is 16.6. The van der Waals surface area contributed by atoms with Crippen LogP contribution in [0.1, 0.15) is 35.6 Å². The molecular weight excluding hydrogens is 320 g/mol. The van der Waals surface area contributed by atoms with Crippen molar-refractivity contribution in [3.63, 3.8) is 0 Å². The second kappa shape index (κ2) is 7.51. The standard InChI is InChI=1S/C15H18N2O3S2/c1-4-7-16-13(18)10(3)20-15(19)12-9(2)17-14(22-12)11-6-5-8-21-11/h5-6,8,10H,4,7H2,1-3H3,(H,16,18). The van der Waals surface area contributed by atoms with Crippen molar-refractivity contribution in [3.8, 4) is 9.88 Å². The Bertz CT molecular complexity index is 650. The molecule has 0 aliphatic carbocycles. The third kappa shape index (κ3) is 3.92. The molecular formula is C15H18N2O3S2. The summed E-state index contributed by atoms with van der Waals surface area (Å²) in [6, 6.07) is 3.90. The Hall–Kier alpha value is -1.73. The van der Waals surface area contributed by atoms with Crippen LogP contribution in [0.15, 0.2) is 17.5 Å². The average molecular weight is 338 g/mol. The zero-order valence-electron chi connectivity index (χ0n) is 12.7. The van der Waals surface area contributed by atoms with Crippen molar-refractivity contribution < 1.29 is 14.3 Å². The molecule has 0 aliphatic rings. The maximum atomic E-state index is 12.2. The number of amides is 1. The van der Waals surface area contributed by atoms with Crippen LogP contribution in [0.4, 0.5) is 0 Å². The van der Waals surface area contributed by atoms with Gasteiger partial charge in [-0.3, -0.25) is 4.79 Å². The molecule has 0 bridgehead atoms. The Morgan fingerprint density at radius 1 is 1.45 bits per heavy atom. The van der Waals surface area contributed by atoms with E-state index in [1.165, 1.54) is 11.3 Å². The lowest BCUT2D eigenvalue weighted by molar-refractivity contribution is -0.129. The van der Waals surface area contributed by atoms with Gasteiger partial charge in [0.2, 0.25) is 0 Å². The van der Waals surface area contributed by atoms with Crippen LogP contribution in [0.3, 0.4) is 0 Å². The van der Waals surface area contributed by atoms with Crippen LogP contribution in [0.5, 0.6) is 0 Å². The van der Waals surface area contributed by atoms with Gasteiger partial charge in [0.15, 0.2) is 6.10 Å². The van der Waals surface area contributed by atoms with E-state index in [9.17, 15) is 9.59 Å². The number of hydrogen-bond donors (Lipinski definition) is 1. The van der Waals surface area contributed by atoms with Gasteiger partial charge >= 0.3 is 5.97 Å². The highest BCUT2D eigenvalue weighted by Gasteiger charge is 2.23. The third-order valence-corrected chi connectivity index (χ3v) is 5.09. The quantitative estimate of drug-likeness (QED) is 0.821. The van der Waals surface area contributed by atoms with Crippen LogP contribution in [0.2, 0.25) is 0 Å². The first-order valence-corrected chi connectivity index (χ1v) is 8.72. The summed E-state index contributed by atoms with van der Waals surface area (Å²) >= 11 is 2.86. The van der Waals surface area contributed by atoms with Gasteiger partial charge < -0.3 is 10.1 Å². The second-order valence-corrected chi connectivity index (χ2v) is 6.70. The van der Waals surface area contributed by atoms with Crippen molar-refractivity contribution in [2.75, 3.05) is 6.54 Å². The van der Waals surface area contributed by atoms with Gasteiger partial charge in [0.1, 0.15) is 9.88 Å². The molecule has 0 saturated carbocycles. The van der Waals surface area contributed by atoms with Crippen molar-refractivity contribution in [2.24, 2.45) is 0 Å². The van der Waals surface area contributed by atoms with Gasteiger partial charge in [-0.2, -0.15) is 0 Å². The summed E-state index contributed by atoms with van der Waals surface area (Å²) < 4.78 is 5.23. The highest BCUT2D eigenvalue weighted by atomic mass is 32.1. The summed E-state index contributed by atoms with van der Waals surface area (Å²) in [6.07, 6.45) is 0.0237. The minimum atomic E-state index is -0.814. The van der Waals surface area contributed by atoms with Crippen LogP contribution in [0, 0.1) is 6.92 Å². The van der Waals surface area contributed by atoms with E-state index in [1.54, 1.807) is 25.2 Å². The molecule has 1 amide bonds. The number of nitrogens with zero attached hydrogens (tertiary/aromatic N) is 1. The number of aromatic nitrogens is 1. The van der Waals surface area contributed by atoms with Crippen LogP contribution in [0.25, 0.3) is 9.88 Å². The monoisotopic (exact) mass is 338 g/mol. The molecule has 7 heteroatoms. The smallest absolute Gasteiger partial charge is 0.351 e. The van der Waals surface area contributed by atoms with Crippen LogP contribution in [-0.2, 0) is 9.53 Å². The normalized spacial score (nSPS) is 12.0. The van der Waals surface area contributed by atoms with E-state index in [0.717, 1.165) is 16.3 Å². The van der Waals surface area contributed by atoms with Crippen LogP contribution >= 0.6 is 22.7 Å². The van der Waals surface area contributed by atoms with E-state index in [0.29, 0.717) is 17.1 Å². The van der Waals surface area contributed by atoms with Gasteiger partial charge in [0.05, 0.1) is 10.6 Å². The number of carbonyl (C=O) groups is 2. The molecule has 0 aromatic carbocycles. The average Bonchev–Trinajstić information content (AvgIpc) is 3.13. The van der Waals surface area contributed by atoms with Gasteiger partial charge in [-0.05, 0) is 31.7 Å². The zero-order chi connectivity index (χ0) is 16.1. The van der Waals surface area contributed by atoms with Crippen LogP contribution in [-0.4, -0.2) is 29.5 Å². The molecule has 1 atom stereocenters. The topological polar surface area (TPSA) is 68.3 Å².